The van der Waals surface area contributed by atoms with Gasteiger partial charge in [-0.2, -0.15) is 0 Å². The Morgan fingerprint density at radius 2 is 1.69 bits per heavy atom. The van der Waals surface area contributed by atoms with Crippen molar-refractivity contribution in [2.75, 3.05) is 6.61 Å². The molecule has 5 unspecified atom stereocenters. The lowest BCUT2D eigenvalue weighted by Gasteiger charge is -2.39. The Kier molecular flexibility index (Phi) is 6.54. The third-order valence-corrected chi connectivity index (χ3v) is 5.44. The van der Waals surface area contributed by atoms with E-state index in [0.29, 0.717) is 0 Å². The van der Waals surface area contributed by atoms with Crippen LogP contribution in [0.4, 0.5) is 0 Å². The minimum atomic E-state index is -1.76. The highest BCUT2D eigenvalue weighted by molar-refractivity contribution is 5.84. The van der Waals surface area contributed by atoms with Crippen LogP contribution < -0.4 is 10.2 Å². The average Bonchev–Trinajstić information content (AvgIpc) is 2.82. The van der Waals surface area contributed by atoms with Crippen molar-refractivity contribution in [1.82, 2.24) is 0 Å². The van der Waals surface area contributed by atoms with Gasteiger partial charge in [-0.25, -0.2) is 0 Å². The number of benzene rings is 2. The minimum Gasteiger partial charge on any atom is -0.508 e. The van der Waals surface area contributed by atoms with Crippen LogP contribution in [0.15, 0.2) is 45.6 Å². The molecule has 4 rings (SSSR count). The molecule has 0 aliphatic carbocycles. The Balaban J connectivity index is 1.69. The van der Waals surface area contributed by atoms with Crippen LogP contribution in [0.3, 0.4) is 0 Å². The van der Waals surface area contributed by atoms with Crippen molar-refractivity contribution in [2.24, 2.45) is 0 Å². The maximum atomic E-state index is 12.7. The SMILES string of the molecule is CC(=O)OCC1OC(Oc2cc3oc(-c4ccc(O)cc4)c(O)c(=O)c3cc2O)C(O)C(O)C1O. The first-order chi connectivity index (χ1) is 16.6. The molecule has 12 nitrogen and oxygen atoms in total. The number of aromatic hydroxyl groups is 3. The van der Waals surface area contributed by atoms with Crippen LogP contribution in [0.5, 0.6) is 23.0 Å². The van der Waals surface area contributed by atoms with E-state index in [1.807, 2.05) is 0 Å². The molecule has 6 N–H and O–H groups in total. The van der Waals surface area contributed by atoms with E-state index in [-0.39, 0.29) is 33.8 Å². The number of carbonyl (C=O) groups is 1. The lowest BCUT2D eigenvalue weighted by Crippen LogP contribution is -2.60. The highest BCUT2D eigenvalue weighted by Crippen LogP contribution is 2.37. The maximum absolute atomic E-state index is 12.7. The molecule has 1 aliphatic rings. The van der Waals surface area contributed by atoms with E-state index in [9.17, 15) is 40.2 Å². The van der Waals surface area contributed by atoms with Crippen molar-refractivity contribution in [3.8, 4) is 34.3 Å². The summed E-state index contributed by atoms with van der Waals surface area (Å²) in [5, 5.41) is 60.5. The molecule has 12 heteroatoms. The van der Waals surface area contributed by atoms with E-state index < -0.39 is 60.2 Å². The molecule has 1 fully saturated rings. The van der Waals surface area contributed by atoms with Gasteiger partial charge in [0.15, 0.2) is 17.3 Å². The molecule has 1 aromatic heterocycles. The Morgan fingerprint density at radius 1 is 1.00 bits per heavy atom. The third kappa shape index (κ3) is 4.72. The standard InChI is InChI=1S/C23H22O12/c1-9(24)32-8-16-18(28)19(29)21(31)23(35-16)34-15-7-14-12(6-13(15)26)17(27)20(30)22(33-14)10-2-4-11(25)5-3-10/h2-7,16,18-19,21,23,25-26,28-31H,8H2,1H3. The molecule has 186 valence electrons. The minimum absolute atomic E-state index is 0.0395. The van der Waals surface area contributed by atoms with Crippen LogP contribution in [0.2, 0.25) is 0 Å². The Labute approximate surface area is 196 Å². The monoisotopic (exact) mass is 490 g/mol. The van der Waals surface area contributed by atoms with Crippen molar-refractivity contribution in [3.63, 3.8) is 0 Å². The fourth-order valence-corrected chi connectivity index (χ4v) is 3.58. The summed E-state index contributed by atoms with van der Waals surface area (Å²) in [6, 6.07) is 7.59. The largest absolute Gasteiger partial charge is 0.508 e. The fourth-order valence-electron chi connectivity index (χ4n) is 3.58. The van der Waals surface area contributed by atoms with Gasteiger partial charge in [0.2, 0.25) is 17.5 Å². The predicted octanol–water partition coefficient (Wildman–Crippen LogP) is 0.326. The van der Waals surface area contributed by atoms with Crippen LogP contribution in [0.1, 0.15) is 6.92 Å². The fraction of sp³-hybridized carbons (Fsp3) is 0.304. The molecule has 2 aromatic carbocycles. The molecule has 5 atom stereocenters. The van der Waals surface area contributed by atoms with Gasteiger partial charge >= 0.3 is 5.97 Å². The smallest absolute Gasteiger partial charge is 0.302 e. The molecule has 0 bridgehead atoms. The van der Waals surface area contributed by atoms with Crippen LogP contribution >= 0.6 is 0 Å². The topological polar surface area (TPSA) is 196 Å². The molecule has 0 amide bonds. The number of ether oxygens (including phenoxy) is 3. The summed E-state index contributed by atoms with van der Waals surface area (Å²) in [7, 11) is 0. The number of phenols is 2. The third-order valence-electron chi connectivity index (χ3n) is 5.44. The molecule has 0 saturated carbocycles. The van der Waals surface area contributed by atoms with E-state index in [1.165, 1.54) is 24.3 Å². The molecule has 3 aromatic rings. The average molecular weight is 490 g/mol. The number of aliphatic hydroxyl groups is 3. The summed E-state index contributed by atoms with van der Waals surface area (Å²) < 4.78 is 21.4. The molecular formula is C23H22O12. The van der Waals surface area contributed by atoms with Gasteiger partial charge in [0.05, 0.1) is 5.39 Å². The zero-order valence-electron chi connectivity index (χ0n) is 18.2. The zero-order valence-corrected chi connectivity index (χ0v) is 18.2. The van der Waals surface area contributed by atoms with Gasteiger partial charge in [-0.3, -0.25) is 9.59 Å². The maximum Gasteiger partial charge on any atom is 0.302 e. The van der Waals surface area contributed by atoms with Crippen LogP contribution in [-0.2, 0) is 14.3 Å². The van der Waals surface area contributed by atoms with E-state index in [4.69, 9.17) is 18.6 Å². The van der Waals surface area contributed by atoms with Gasteiger partial charge in [0.25, 0.3) is 0 Å². The number of carbonyl (C=O) groups excluding carboxylic acids is 1. The van der Waals surface area contributed by atoms with Gasteiger partial charge in [-0.1, -0.05) is 0 Å². The number of fused-ring (bicyclic) bond motifs is 1. The van der Waals surface area contributed by atoms with Crippen molar-refractivity contribution >= 4 is 16.9 Å². The summed E-state index contributed by atoms with van der Waals surface area (Å²) in [6.45, 7) is 0.702. The first-order valence-electron chi connectivity index (χ1n) is 10.4. The Morgan fingerprint density at radius 3 is 2.34 bits per heavy atom. The number of phenolic OH excluding ortho intramolecular Hbond substituents is 2. The van der Waals surface area contributed by atoms with Gasteiger partial charge in [-0.15, -0.1) is 0 Å². The number of aliphatic hydroxyl groups excluding tert-OH is 3. The Bertz CT molecular complexity index is 1300. The zero-order chi connectivity index (χ0) is 25.4. The van der Waals surface area contributed by atoms with Crippen LogP contribution in [0.25, 0.3) is 22.3 Å². The lowest BCUT2D eigenvalue weighted by molar-refractivity contribution is -0.278. The molecule has 0 radical (unpaired) electrons. The molecule has 35 heavy (non-hydrogen) atoms. The second-order valence-electron chi connectivity index (χ2n) is 7.91. The first kappa shape index (κ1) is 24.3. The van der Waals surface area contributed by atoms with E-state index in [1.54, 1.807) is 0 Å². The van der Waals surface area contributed by atoms with Gasteiger partial charge in [-0.05, 0) is 30.3 Å². The molecule has 1 saturated heterocycles. The van der Waals surface area contributed by atoms with Gasteiger partial charge in [0.1, 0.15) is 42.4 Å². The highest BCUT2D eigenvalue weighted by Gasteiger charge is 2.45. The predicted molar refractivity (Wildman–Crippen MR) is 117 cm³/mol. The highest BCUT2D eigenvalue weighted by atomic mass is 16.7. The summed E-state index contributed by atoms with van der Waals surface area (Å²) >= 11 is 0. The summed E-state index contributed by atoms with van der Waals surface area (Å²) in [5.41, 5.74) is -0.664. The quantitative estimate of drug-likeness (QED) is 0.268. The van der Waals surface area contributed by atoms with E-state index >= 15 is 0 Å². The van der Waals surface area contributed by atoms with Crippen molar-refractivity contribution in [3.05, 3.63) is 46.6 Å². The summed E-state index contributed by atoms with van der Waals surface area (Å²) in [4.78, 5) is 23.7. The van der Waals surface area contributed by atoms with Crippen molar-refractivity contribution < 1.29 is 54.1 Å². The number of esters is 1. The van der Waals surface area contributed by atoms with Crippen LogP contribution in [0, 0.1) is 0 Å². The van der Waals surface area contributed by atoms with Crippen LogP contribution in [-0.4, -0.2) is 73.9 Å². The normalized spacial score (nSPS) is 24.3. The molecule has 1 aliphatic heterocycles. The number of rotatable bonds is 5. The first-order valence-corrected chi connectivity index (χ1v) is 10.4. The van der Waals surface area contributed by atoms with Gasteiger partial charge < -0.3 is 49.3 Å². The summed E-state index contributed by atoms with van der Waals surface area (Å²) in [6.07, 6.45) is -7.94. The second-order valence-corrected chi connectivity index (χ2v) is 7.91. The van der Waals surface area contributed by atoms with Crippen molar-refractivity contribution in [1.29, 1.82) is 0 Å². The second kappa shape index (κ2) is 9.43. The van der Waals surface area contributed by atoms with Crippen molar-refractivity contribution in [2.45, 2.75) is 37.6 Å². The van der Waals surface area contributed by atoms with E-state index in [2.05, 4.69) is 0 Å². The number of hydrogen-bond acceptors (Lipinski definition) is 12. The van der Waals surface area contributed by atoms with E-state index in [0.717, 1.165) is 19.1 Å². The summed E-state index contributed by atoms with van der Waals surface area (Å²) in [5.74, 6) is -2.51. The number of hydrogen-bond donors (Lipinski definition) is 6. The molecular weight excluding hydrogens is 468 g/mol. The molecule has 2 heterocycles. The van der Waals surface area contributed by atoms with Gasteiger partial charge in [0, 0.05) is 18.6 Å². The molecule has 0 spiro atoms. The Hall–Kier alpha value is -3.84. The lowest BCUT2D eigenvalue weighted by atomic mass is 9.99.